The molecule has 2 rings (SSSR count). The molecule has 0 saturated heterocycles. The van der Waals surface area contributed by atoms with Crippen LogP contribution in [0.3, 0.4) is 0 Å². The van der Waals surface area contributed by atoms with Crippen molar-refractivity contribution in [2.75, 3.05) is 0 Å². The van der Waals surface area contributed by atoms with Crippen LogP contribution >= 0.6 is 0 Å². The third-order valence-electron chi connectivity index (χ3n) is 3.81. The van der Waals surface area contributed by atoms with E-state index < -0.39 is 0 Å². The molecule has 0 spiro atoms. The summed E-state index contributed by atoms with van der Waals surface area (Å²) in [5.41, 5.74) is 2.44. The summed E-state index contributed by atoms with van der Waals surface area (Å²) in [6.45, 7) is 8.97. The van der Waals surface area contributed by atoms with Crippen molar-refractivity contribution in [3.8, 4) is 0 Å². The van der Waals surface area contributed by atoms with Gasteiger partial charge in [0.05, 0.1) is 0 Å². The average molecular weight is 219 g/mol. The fourth-order valence-corrected chi connectivity index (χ4v) is 2.33. The second-order valence-corrected chi connectivity index (χ2v) is 5.90. The molecule has 0 N–H and O–H groups in total. The lowest BCUT2D eigenvalue weighted by molar-refractivity contribution is 0.0970. The number of carbonyl (C=O) groups excluding carboxylic acids is 1. The first-order chi connectivity index (χ1) is 7.41. The summed E-state index contributed by atoms with van der Waals surface area (Å²) in [6.07, 6.45) is 4.87. The Bertz CT molecular complexity index is 409. The number of hydrogen-bond donors (Lipinski definition) is 0. The molecular formula is C14H21NO. The van der Waals surface area contributed by atoms with Crippen LogP contribution in [0.1, 0.15) is 62.6 Å². The van der Waals surface area contributed by atoms with Gasteiger partial charge in [-0.25, -0.2) is 0 Å². The van der Waals surface area contributed by atoms with Gasteiger partial charge in [0.2, 0.25) is 0 Å². The molecule has 1 unspecified atom stereocenters. The molecule has 0 aromatic carbocycles. The Hall–Kier alpha value is -1.05. The summed E-state index contributed by atoms with van der Waals surface area (Å²) >= 11 is 0. The Morgan fingerprint density at radius 1 is 1.31 bits per heavy atom. The number of nitrogens with zero attached hydrogens (tertiary/aromatic N) is 1. The second-order valence-electron chi connectivity index (χ2n) is 5.90. The zero-order chi connectivity index (χ0) is 11.9. The fraction of sp³-hybridized carbons (Fsp3) is 0.643. The van der Waals surface area contributed by atoms with Crippen LogP contribution < -0.4 is 0 Å². The quantitative estimate of drug-likeness (QED) is 0.707. The maximum atomic E-state index is 11.8. The molecule has 1 aromatic heterocycles. The van der Waals surface area contributed by atoms with E-state index in [1.807, 2.05) is 6.07 Å². The minimum atomic E-state index is 0.229. The van der Waals surface area contributed by atoms with E-state index in [-0.39, 0.29) is 5.41 Å². The molecule has 1 aliphatic carbocycles. The van der Waals surface area contributed by atoms with E-state index in [2.05, 4.69) is 38.5 Å². The maximum absolute atomic E-state index is 11.8. The number of fused-ring (bicyclic) bond motifs is 1. The number of carbonyl (C=O) groups is 1. The van der Waals surface area contributed by atoms with Crippen molar-refractivity contribution in [1.82, 2.24) is 4.57 Å². The molecule has 0 saturated carbocycles. The molecule has 1 heterocycles. The third kappa shape index (κ3) is 1.81. The van der Waals surface area contributed by atoms with Crippen molar-refractivity contribution < 1.29 is 4.79 Å². The zero-order valence-corrected chi connectivity index (χ0v) is 10.7. The number of aromatic nitrogens is 1. The van der Waals surface area contributed by atoms with Gasteiger partial charge >= 0.3 is 0 Å². The predicted octanol–water partition coefficient (Wildman–Crippen LogP) is 3.61. The van der Waals surface area contributed by atoms with Gasteiger partial charge in [-0.05, 0) is 31.2 Å². The Labute approximate surface area is 97.7 Å². The second kappa shape index (κ2) is 3.76. The van der Waals surface area contributed by atoms with E-state index in [4.69, 9.17) is 0 Å². The molecule has 88 valence electrons. The number of hydrogen-bond acceptors (Lipinski definition) is 1. The molecule has 1 aliphatic rings. The lowest BCUT2D eigenvalue weighted by atomic mass is 9.87. The summed E-state index contributed by atoms with van der Waals surface area (Å²) in [6, 6.07) is 2.43. The molecule has 2 heteroatoms. The van der Waals surface area contributed by atoms with Crippen molar-refractivity contribution in [1.29, 1.82) is 0 Å². The van der Waals surface area contributed by atoms with E-state index >= 15 is 0 Å². The highest BCUT2D eigenvalue weighted by Crippen LogP contribution is 2.34. The zero-order valence-electron chi connectivity index (χ0n) is 10.7. The Morgan fingerprint density at radius 3 is 2.62 bits per heavy atom. The van der Waals surface area contributed by atoms with Crippen LogP contribution in [0.4, 0.5) is 0 Å². The fourth-order valence-electron chi connectivity index (χ4n) is 2.33. The summed E-state index contributed by atoms with van der Waals surface area (Å²) < 4.78 is 2.30. The molecule has 0 bridgehead atoms. The highest BCUT2D eigenvalue weighted by atomic mass is 16.1. The number of rotatable bonds is 1. The van der Waals surface area contributed by atoms with Gasteiger partial charge in [0.1, 0.15) is 0 Å². The van der Waals surface area contributed by atoms with Gasteiger partial charge < -0.3 is 4.57 Å². The number of ketones is 1. The van der Waals surface area contributed by atoms with Gasteiger partial charge in [0.15, 0.2) is 5.78 Å². The van der Waals surface area contributed by atoms with Crippen LogP contribution in [0.15, 0.2) is 12.3 Å². The molecular weight excluding hydrogens is 198 g/mol. The van der Waals surface area contributed by atoms with Crippen molar-refractivity contribution >= 4 is 5.78 Å². The first-order valence-electron chi connectivity index (χ1n) is 6.14. The van der Waals surface area contributed by atoms with E-state index in [0.717, 1.165) is 24.8 Å². The van der Waals surface area contributed by atoms with Crippen molar-refractivity contribution in [2.45, 2.75) is 53.0 Å². The first-order valence-corrected chi connectivity index (χ1v) is 6.14. The summed E-state index contributed by atoms with van der Waals surface area (Å²) in [7, 11) is 0. The van der Waals surface area contributed by atoms with Gasteiger partial charge in [0, 0.05) is 29.9 Å². The van der Waals surface area contributed by atoms with Crippen molar-refractivity contribution in [3.05, 3.63) is 23.5 Å². The van der Waals surface area contributed by atoms with Crippen LogP contribution in [0.5, 0.6) is 0 Å². The smallest absolute Gasteiger partial charge is 0.164 e. The van der Waals surface area contributed by atoms with Crippen LogP contribution in [0, 0.1) is 5.41 Å². The lowest BCUT2D eigenvalue weighted by Crippen LogP contribution is -2.24. The van der Waals surface area contributed by atoms with Gasteiger partial charge in [-0.1, -0.05) is 20.8 Å². The van der Waals surface area contributed by atoms with Gasteiger partial charge in [-0.15, -0.1) is 0 Å². The minimum Gasteiger partial charge on any atom is -0.347 e. The topological polar surface area (TPSA) is 22.0 Å². The largest absolute Gasteiger partial charge is 0.347 e. The van der Waals surface area contributed by atoms with Gasteiger partial charge in [-0.2, -0.15) is 0 Å². The maximum Gasteiger partial charge on any atom is 0.164 e. The van der Waals surface area contributed by atoms with E-state index in [1.165, 1.54) is 5.69 Å². The van der Waals surface area contributed by atoms with E-state index in [0.29, 0.717) is 11.8 Å². The van der Waals surface area contributed by atoms with Crippen LogP contribution in [-0.2, 0) is 6.42 Å². The predicted molar refractivity (Wildman–Crippen MR) is 65.9 cm³/mol. The first kappa shape index (κ1) is 11.4. The Balaban J connectivity index is 2.41. The average Bonchev–Trinajstić information content (AvgIpc) is 2.60. The molecule has 0 radical (unpaired) electrons. The van der Waals surface area contributed by atoms with Crippen LogP contribution in [0.2, 0.25) is 0 Å². The summed E-state index contributed by atoms with van der Waals surface area (Å²) in [5, 5.41) is 0. The normalized spacial score (nSPS) is 18.4. The van der Waals surface area contributed by atoms with Gasteiger partial charge in [0.25, 0.3) is 0 Å². The summed E-state index contributed by atoms with van der Waals surface area (Å²) in [5.74, 6) is 0.320. The van der Waals surface area contributed by atoms with Crippen LogP contribution in [-0.4, -0.2) is 10.4 Å². The standard InChI is InChI=1S/C14H21NO/c1-10(14(2,3)4)15-9-8-11-12(15)6-5-7-13(11)16/h8-10H,5-7H2,1-4H3. The molecule has 0 aliphatic heterocycles. The Morgan fingerprint density at radius 2 is 2.00 bits per heavy atom. The molecule has 1 aromatic rings. The van der Waals surface area contributed by atoms with E-state index in [1.54, 1.807) is 0 Å². The molecule has 16 heavy (non-hydrogen) atoms. The lowest BCUT2D eigenvalue weighted by Gasteiger charge is -2.31. The molecule has 0 amide bonds. The molecule has 2 nitrogen and oxygen atoms in total. The highest BCUT2D eigenvalue weighted by Gasteiger charge is 2.27. The van der Waals surface area contributed by atoms with Crippen LogP contribution in [0.25, 0.3) is 0 Å². The minimum absolute atomic E-state index is 0.229. The third-order valence-corrected chi connectivity index (χ3v) is 3.81. The Kier molecular flexibility index (Phi) is 2.69. The molecule has 1 atom stereocenters. The van der Waals surface area contributed by atoms with E-state index in [9.17, 15) is 4.79 Å². The van der Waals surface area contributed by atoms with Crippen molar-refractivity contribution in [2.24, 2.45) is 5.41 Å². The number of Topliss-reactive ketones (excluding diaryl/α,β-unsaturated/α-hetero) is 1. The molecule has 0 fully saturated rings. The van der Waals surface area contributed by atoms with Crippen molar-refractivity contribution in [3.63, 3.8) is 0 Å². The SMILES string of the molecule is CC(n1ccc2c1CCCC2=O)C(C)(C)C. The highest BCUT2D eigenvalue weighted by molar-refractivity contribution is 5.98. The monoisotopic (exact) mass is 219 g/mol. The van der Waals surface area contributed by atoms with Gasteiger partial charge in [-0.3, -0.25) is 4.79 Å². The summed E-state index contributed by atoms with van der Waals surface area (Å²) in [4.78, 5) is 11.8.